The van der Waals surface area contributed by atoms with Crippen LogP contribution in [0.15, 0.2) is 48.5 Å². The van der Waals surface area contributed by atoms with Gasteiger partial charge in [-0.15, -0.1) is 0 Å². The summed E-state index contributed by atoms with van der Waals surface area (Å²) in [5, 5.41) is 16.6. The van der Waals surface area contributed by atoms with Crippen molar-refractivity contribution in [2.45, 2.75) is 13.3 Å². The van der Waals surface area contributed by atoms with E-state index in [0.29, 0.717) is 25.4 Å². The number of rotatable bonds is 9. The Morgan fingerprint density at radius 1 is 1.12 bits per heavy atom. The minimum absolute atomic E-state index is 0.0142. The van der Waals surface area contributed by atoms with E-state index in [2.05, 4.69) is 10.6 Å². The fourth-order valence-electron chi connectivity index (χ4n) is 2.17. The molecule has 0 spiro atoms. The number of nitrogens with zero attached hydrogens (tertiary/aromatic N) is 1. The molecule has 0 saturated carbocycles. The summed E-state index contributed by atoms with van der Waals surface area (Å²) < 4.78 is 5.50. The molecule has 2 aromatic carbocycles. The lowest BCUT2D eigenvalue weighted by Crippen LogP contribution is -2.29. The topological polar surface area (TPSA) is 93.5 Å². The van der Waals surface area contributed by atoms with Crippen molar-refractivity contribution in [1.29, 1.82) is 0 Å². The van der Waals surface area contributed by atoms with Gasteiger partial charge in [0, 0.05) is 19.2 Å². The third-order valence-electron chi connectivity index (χ3n) is 3.48. The zero-order chi connectivity index (χ0) is 18.1. The largest absolute Gasteiger partial charge is 0.493 e. The number of aryl methyl sites for hydroxylation is 1. The van der Waals surface area contributed by atoms with E-state index >= 15 is 0 Å². The van der Waals surface area contributed by atoms with E-state index in [1.165, 1.54) is 6.07 Å². The standard InChI is InChI=1S/C18H21N3O4/c1-14-6-8-15(9-7-14)25-13-10-18(22)20-12-11-19-16-4-2-3-5-17(16)21(23)24/h2-9,19H,10-13H2,1H3,(H,20,22). The number of hydrogen-bond donors (Lipinski definition) is 2. The SMILES string of the molecule is Cc1ccc(OCCC(=O)NCCNc2ccccc2[N+](=O)[O-])cc1. The highest BCUT2D eigenvalue weighted by molar-refractivity contribution is 5.76. The summed E-state index contributed by atoms with van der Waals surface area (Å²) in [5.74, 6) is 0.605. The van der Waals surface area contributed by atoms with Crippen LogP contribution in [0.5, 0.6) is 5.75 Å². The summed E-state index contributed by atoms with van der Waals surface area (Å²) in [6.45, 7) is 3.06. The number of para-hydroxylation sites is 2. The van der Waals surface area contributed by atoms with Crippen molar-refractivity contribution in [3.05, 3.63) is 64.2 Å². The number of hydrogen-bond acceptors (Lipinski definition) is 5. The summed E-state index contributed by atoms with van der Waals surface area (Å²) in [6, 6.07) is 14.0. The van der Waals surface area contributed by atoms with Crippen LogP contribution in [0, 0.1) is 17.0 Å². The number of benzene rings is 2. The Kier molecular flexibility index (Phi) is 6.76. The van der Waals surface area contributed by atoms with Gasteiger partial charge in [-0.3, -0.25) is 14.9 Å². The highest BCUT2D eigenvalue weighted by Gasteiger charge is 2.11. The summed E-state index contributed by atoms with van der Waals surface area (Å²) in [6.07, 6.45) is 0.249. The predicted octanol–water partition coefficient (Wildman–Crippen LogP) is 2.90. The van der Waals surface area contributed by atoms with Crippen LogP contribution in [0.4, 0.5) is 11.4 Å². The minimum atomic E-state index is -0.441. The zero-order valence-electron chi connectivity index (χ0n) is 14.0. The highest BCUT2D eigenvalue weighted by Crippen LogP contribution is 2.22. The average molecular weight is 343 g/mol. The van der Waals surface area contributed by atoms with Crippen molar-refractivity contribution < 1.29 is 14.5 Å². The van der Waals surface area contributed by atoms with Crippen molar-refractivity contribution in [1.82, 2.24) is 5.32 Å². The molecule has 132 valence electrons. The molecule has 0 aliphatic carbocycles. The van der Waals surface area contributed by atoms with E-state index in [-0.39, 0.29) is 18.0 Å². The zero-order valence-corrected chi connectivity index (χ0v) is 14.0. The van der Waals surface area contributed by atoms with Gasteiger partial charge in [0.05, 0.1) is 18.0 Å². The Morgan fingerprint density at radius 3 is 2.56 bits per heavy atom. The van der Waals surface area contributed by atoms with Gasteiger partial charge in [0.1, 0.15) is 11.4 Å². The lowest BCUT2D eigenvalue weighted by Gasteiger charge is -2.09. The van der Waals surface area contributed by atoms with Crippen LogP contribution in [-0.4, -0.2) is 30.5 Å². The van der Waals surface area contributed by atoms with E-state index in [9.17, 15) is 14.9 Å². The van der Waals surface area contributed by atoms with Gasteiger partial charge < -0.3 is 15.4 Å². The van der Waals surface area contributed by atoms with Crippen LogP contribution >= 0.6 is 0 Å². The number of amides is 1. The van der Waals surface area contributed by atoms with Crippen LogP contribution in [0.2, 0.25) is 0 Å². The van der Waals surface area contributed by atoms with Crippen molar-refractivity contribution in [2.75, 3.05) is 25.0 Å². The number of anilines is 1. The molecular formula is C18H21N3O4. The number of carbonyl (C=O) groups is 1. The Bertz CT molecular complexity index is 717. The van der Waals surface area contributed by atoms with Gasteiger partial charge >= 0.3 is 0 Å². The molecule has 2 aromatic rings. The van der Waals surface area contributed by atoms with Crippen LogP contribution in [0.25, 0.3) is 0 Å². The lowest BCUT2D eigenvalue weighted by molar-refractivity contribution is -0.384. The molecule has 0 aliphatic heterocycles. The third-order valence-corrected chi connectivity index (χ3v) is 3.48. The summed E-state index contributed by atoms with van der Waals surface area (Å²) in [4.78, 5) is 22.2. The smallest absolute Gasteiger partial charge is 0.292 e. The quantitative estimate of drug-likeness (QED) is 0.415. The van der Waals surface area contributed by atoms with Crippen LogP contribution in [0.3, 0.4) is 0 Å². The predicted molar refractivity (Wildman–Crippen MR) is 95.9 cm³/mol. The van der Waals surface area contributed by atoms with Crippen LogP contribution in [-0.2, 0) is 4.79 Å². The second-order valence-electron chi connectivity index (χ2n) is 5.46. The maximum Gasteiger partial charge on any atom is 0.292 e. The second kappa shape index (κ2) is 9.27. The molecule has 7 nitrogen and oxygen atoms in total. The van der Waals surface area contributed by atoms with E-state index < -0.39 is 4.92 Å². The molecule has 25 heavy (non-hydrogen) atoms. The first-order valence-electron chi connectivity index (χ1n) is 8.00. The Hall–Kier alpha value is -3.09. The summed E-state index contributed by atoms with van der Waals surface area (Å²) >= 11 is 0. The first-order chi connectivity index (χ1) is 12.1. The third kappa shape index (κ3) is 6.14. The van der Waals surface area contributed by atoms with E-state index in [1.807, 2.05) is 31.2 Å². The van der Waals surface area contributed by atoms with Gasteiger partial charge in [-0.1, -0.05) is 29.8 Å². The van der Waals surface area contributed by atoms with Crippen molar-refractivity contribution in [3.8, 4) is 5.75 Å². The molecule has 2 rings (SSSR count). The van der Waals surface area contributed by atoms with Crippen molar-refractivity contribution >= 4 is 17.3 Å². The summed E-state index contributed by atoms with van der Waals surface area (Å²) in [5.41, 5.74) is 1.60. The maximum absolute atomic E-state index is 11.7. The number of ether oxygens (including phenoxy) is 1. The number of nitro groups is 1. The number of nitro benzene ring substituents is 1. The van der Waals surface area contributed by atoms with Crippen LogP contribution in [0.1, 0.15) is 12.0 Å². The van der Waals surface area contributed by atoms with E-state index in [0.717, 1.165) is 11.3 Å². The molecule has 0 aliphatic rings. The second-order valence-corrected chi connectivity index (χ2v) is 5.46. The monoisotopic (exact) mass is 343 g/mol. The minimum Gasteiger partial charge on any atom is -0.493 e. The normalized spacial score (nSPS) is 10.1. The fourth-order valence-corrected chi connectivity index (χ4v) is 2.17. The molecule has 0 fully saturated rings. The Morgan fingerprint density at radius 2 is 1.84 bits per heavy atom. The van der Waals surface area contributed by atoms with Gasteiger partial charge in [0.15, 0.2) is 0 Å². The van der Waals surface area contributed by atoms with Crippen molar-refractivity contribution in [2.24, 2.45) is 0 Å². The van der Waals surface area contributed by atoms with E-state index in [1.54, 1.807) is 18.2 Å². The molecule has 1 amide bonds. The first kappa shape index (κ1) is 18.3. The van der Waals surface area contributed by atoms with Gasteiger partial charge in [0.2, 0.25) is 5.91 Å². The summed E-state index contributed by atoms with van der Waals surface area (Å²) in [7, 11) is 0. The van der Waals surface area contributed by atoms with Gasteiger partial charge in [-0.25, -0.2) is 0 Å². The average Bonchev–Trinajstić information content (AvgIpc) is 2.60. The molecule has 0 bridgehead atoms. The van der Waals surface area contributed by atoms with Gasteiger partial charge in [-0.2, -0.15) is 0 Å². The Labute approximate surface area is 146 Å². The van der Waals surface area contributed by atoms with Gasteiger partial charge in [0.25, 0.3) is 5.69 Å². The van der Waals surface area contributed by atoms with Crippen LogP contribution < -0.4 is 15.4 Å². The fraction of sp³-hybridized carbons (Fsp3) is 0.278. The number of carbonyl (C=O) groups excluding carboxylic acids is 1. The maximum atomic E-state index is 11.7. The first-order valence-corrected chi connectivity index (χ1v) is 8.00. The number of nitrogens with one attached hydrogen (secondary N) is 2. The molecule has 0 saturated heterocycles. The molecular weight excluding hydrogens is 322 g/mol. The van der Waals surface area contributed by atoms with E-state index in [4.69, 9.17) is 4.74 Å². The molecule has 0 atom stereocenters. The Balaban J connectivity index is 1.64. The molecule has 2 N–H and O–H groups in total. The molecule has 7 heteroatoms. The molecule has 0 unspecified atom stereocenters. The van der Waals surface area contributed by atoms with Crippen molar-refractivity contribution in [3.63, 3.8) is 0 Å². The molecule has 0 radical (unpaired) electrons. The van der Waals surface area contributed by atoms with Gasteiger partial charge in [-0.05, 0) is 25.1 Å². The molecule has 0 heterocycles. The highest BCUT2D eigenvalue weighted by atomic mass is 16.6. The molecule has 0 aromatic heterocycles. The lowest BCUT2D eigenvalue weighted by atomic mass is 10.2.